The fourth-order valence-corrected chi connectivity index (χ4v) is 3.61. The van der Waals surface area contributed by atoms with E-state index in [-0.39, 0.29) is 29.7 Å². The van der Waals surface area contributed by atoms with Gasteiger partial charge in [-0.15, -0.1) is 0 Å². The minimum absolute atomic E-state index is 0.0177. The van der Waals surface area contributed by atoms with Crippen LogP contribution in [0.15, 0.2) is 29.2 Å². The molecule has 1 aromatic rings. The number of benzene rings is 1. The first-order valence-electron chi connectivity index (χ1n) is 6.07. The van der Waals surface area contributed by atoms with Gasteiger partial charge in [0.15, 0.2) is 0 Å². The van der Waals surface area contributed by atoms with Crippen LogP contribution in [0.2, 0.25) is 0 Å². The van der Waals surface area contributed by atoms with Crippen molar-refractivity contribution in [3.05, 3.63) is 29.8 Å². The van der Waals surface area contributed by atoms with E-state index in [0.29, 0.717) is 6.42 Å². The van der Waals surface area contributed by atoms with E-state index in [2.05, 4.69) is 0 Å². The monoisotopic (exact) mass is 282 g/mol. The third-order valence-corrected chi connectivity index (χ3v) is 4.84. The fraction of sp³-hybridized carbons (Fsp3) is 0.462. The molecule has 0 unspecified atom stereocenters. The Hall–Kier alpha value is -1.42. The van der Waals surface area contributed by atoms with Crippen molar-refractivity contribution >= 4 is 10.0 Å². The third-order valence-electron chi connectivity index (χ3n) is 2.71. The van der Waals surface area contributed by atoms with Gasteiger partial charge in [-0.2, -0.15) is 9.57 Å². The number of sulfonamides is 1. The molecule has 104 valence electrons. The molecule has 19 heavy (non-hydrogen) atoms. The lowest BCUT2D eigenvalue weighted by atomic mass is 10.2. The summed E-state index contributed by atoms with van der Waals surface area (Å²) in [6.45, 7) is 3.70. The second-order valence-corrected chi connectivity index (χ2v) is 6.25. The zero-order valence-electron chi connectivity index (χ0n) is 11.1. The Bertz CT molecular complexity index is 561. The van der Waals surface area contributed by atoms with Gasteiger partial charge in [-0.3, -0.25) is 0 Å². The highest BCUT2D eigenvalue weighted by atomic mass is 32.2. The maximum Gasteiger partial charge on any atom is 0.244 e. The number of hydrogen-bond acceptors (Lipinski definition) is 4. The van der Waals surface area contributed by atoms with Crippen LogP contribution >= 0.6 is 0 Å². The molecule has 0 saturated heterocycles. The minimum Gasteiger partial charge on any atom is -0.396 e. The first-order chi connectivity index (χ1) is 8.95. The van der Waals surface area contributed by atoms with Crippen molar-refractivity contribution in [3.63, 3.8) is 0 Å². The molecule has 5 nitrogen and oxygen atoms in total. The molecule has 0 aliphatic carbocycles. The van der Waals surface area contributed by atoms with Crippen LogP contribution in [0.3, 0.4) is 0 Å². The van der Waals surface area contributed by atoms with Crippen LogP contribution in [0.1, 0.15) is 25.8 Å². The van der Waals surface area contributed by atoms with Gasteiger partial charge >= 0.3 is 0 Å². The highest BCUT2D eigenvalue weighted by Gasteiger charge is 2.28. The van der Waals surface area contributed by atoms with Gasteiger partial charge < -0.3 is 5.11 Å². The van der Waals surface area contributed by atoms with Gasteiger partial charge in [-0.05, 0) is 32.4 Å². The number of nitrogens with zero attached hydrogens (tertiary/aromatic N) is 2. The first kappa shape index (κ1) is 15.6. The summed E-state index contributed by atoms with van der Waals surface area (Å²) in [6, 6.07) is 7.81. The lowest BCUT2D eigenvalue weighted by Crippen LogP contribution is -2.38. The number of hydrogen-bond donors (Lipinski definition) is 1. The molecule has 0 aliphatic rings. The molecule has 0 aliphatic heterocycles. The lowest BCUT2D eigenvalue weighted by Gasteiger charge is -2.26. The van der Waals surface area contributed by atoms with Crippen LogP contribution in [0.4, 0.5) is 0 Å². The van der Waals surface area contributed by atoms with Crippen LogP contribution in [-0.2, 0) is 10.0 Å². The van der Waals surface area contributed by atoms with E-state index in [1.165, 1.54) is 16.4 Å². The maximum absolute atomic E-state index is 12.6. The molecule has 1 rings (SSSR count). The molecule has 0 atom stereocenters. The van der Waals surface area contributed by atoms with E-state index in [9.17, 15) is 8.42 Å². The standard InChI is InChI=1S/C13H18N2O3S/c1-11(2)15(8-5-9-16)19(17,18)13-7-4-3-6-12(13)10-14/h3-4,6-7,11,16H,5,8-9H2,1-2H3. The van der Waals surface area contributed by atoms with Crippen LogP contribution in [0, 0.1) is 11.3 Å². The summed E-state index contributed by atoms with van der Waals surface area (Å²) in [7, 11) is -3.72. The Kier molecular flexibility index (Phi) is 5.48. The number of aliphatic hydroxyl groups is 1. The van der Waals surface area contributed by atoms with Crippen molar-refractivity contribution in [2.45, 2.75) is 31.2 Å². The Morgan fingerprint density at radius 3 is 2.53 bits per heavy atom. The molecule has 0 heterocycles. The van der Waals surface area contributed by atoms with Crippen LogP contribution < -0.4 is 0 Å². The minimum atomic E-state index is -3.72. The Morgan fingerprint density at radius 2 is 2.00 bits per heavy atom. The quantitative estimate of drug-likeness (QED) is 0.853. The summed E-state index contributed by atoms with van der Waals surface area (Å²) >= 11 is 0. The Labute approximate surface area is 114 Å². The average molecular weight is 282 g/mol. The van der Waals surface area contributed by atoms with Crippen LogP contribution in [-0.4, -0.2) is 37.0 Å². The second-order valence-electron chi connectivity index (χ2n) is 4.39. The molecule has 0 aromatic heterocycles. The van der Waals surface area contributed by atoms with Gasteiger partial charge in [0.2, 0.25) is 10.0 Å². The van der Waals surface area contributed by atoms with E-state index in [1.807, 2.05) is 6.07 Å². The van der Waals surface area contributed by atoms with E-state index >= 15 is 0 Å². The molecular formula is C13H18N2O3S. The molecule has 1 N–H and O–H groups in total. The molecule has 0 bridgehead atoms. The van der Waals surface area contributed by atoms with E-state index < -0.39 is 10.0 Å². The predicted octanol–water partition coefficient (Wildman–Crippen LogP) is 1.34. The average Bonchev–Trinajstić information content (AvgIpc) is 2.38. The van der Waals surface area contributed by atoms with E-state index in [4.69, 9.17) is 10.4 Å². The largest absolute Gasteiger partial charge is 0.396 e. The number of aliphatic hydroxyl groups excluding tert-OH is 1. The lowest BCUT2D eigenvalue weighted by molar-refractivity contribution is 0.258. The van der Waals surface area contributed by atoms with E-state index in [0.717, 1.165) is 0 Å². The zero-order chi connectivity index (χ0) is 14.5. The van der Waals surface area contributed by atoms with Crippen molar-refractivity contribution in [2.75, 3.05) is 13.2 Å². The molecule has 0 amide bonds. The molecule has 6 heteroatoms. The van der Waals surface area contributed by atoms with Crippen molar-refractivity contribution < 1.29 is 13.5 Å². The molecule has 0 fully saturated rings. The van der Waals surface area contributed by atoms with Crippen LogP contribution in [0.5, 0.6) is 0 Å². The van der Waals surface area contributed by atoms with Crippen LogP contribution in [0.25, 0.3) is 0 Å². The third kappa shape index (κ3) is 3.53. The zero-order valence-corrected chi connectivity index (χ0v) is 11.9. The van der Waals surface area contributed by atoms with E-state index in [1.54, 1.807) is 26.0 Å². The molecular weight excluding hydrogens is 264 g/mol. The summed E-state index contributed by atoms with van der Waals surface area (Å²) < 4.78 is 26.4. The topological polar surface area (TPSA) is 81.4 Å². The summed E-state index contributed by atoms with van der Waals surface area (Å²) in [5.41, 5.74) is 0.136. The summed E-state index contributed by atoms with van der Waals surface area (Å²) in [5.74, 6) is 0. The maximum atomic E-state index is 12.6. The van der Waals surface area contributed by atoms with Gasteiger partial charge in [0.1, 0.15) is 6.07 Å². The first-order valence-corrected chi connectivity index (χ1v) is 7.51. The number of rotatable bonds is 6. The van der Waals surface area contributed by atoms with Gasteiger partial charge in [0.05, 0.1) is 10.5 Å². The molecule has 1 aromatic carbocycles. The highest BCUT2D eigenvalue weighted by molar-refractivity contribution is 7.89. The second kappa shape index (κ2) is 6.66. The smallest absolute Gasteiger partial charge is 0.244 e. The summed E-state index contributed by atoms with van der Waals surface area (Å²) in [6.07, 6.45) is 0.367. The van der Waals surface area contributed by atoms with Gasteiger partial charge in [-0.25, -0.2) is 8.42 Å². The Balaban J connectivity index is 3.24. The molecule has 0 spiro atoms. The summed E-state index contributed by atoms with van der Waals surface area (Å²) in [4.78, 5) is 0.0177. The Morgan fingerprint density at radius 1 is 1.37 bits per heavy atom. The van der Waals surface area contributed by atoms with Gasteiger partial charge in [-0.1, -0.05) is 12.1 Å². The van der Waals surface area contributed by atoms with Gasteiger partial charge in [0.25, 0.3) is 0 Å². The van der Waals surface area contributed by atoms with Crippen molar-refractivity contribution in [1.29, 1.82) is 5.26 Å². The summed E-state index contributed by atoms with van der Waals surface area (Å²) in [5, 5.41) is 17.9. The molecule has 0 saturated carbocycles. The number of nitriles is 1. The van der Waals surface area contributed by atoms with Gasteiger partial charge in [0, 0.05) is 19.2 Å². The normalized spacial score (nSPS) is 11.8. The SMILES string of the molecule is CC(C)N(CCCO)S(=O)(=O)c1ccccc1C#N. The highest BCUT2D eigenvalue weighted by Crippen LogP contribution is 2.21. The van der Waals surface area contributed by atoms with Crippen molar-refractivity contribution in [1.82, 2.24) is 4.31 Å². The van der Waals surface area contributed by atoms with Crippen molar-refractivity contribution in [3.8, 4) is 6.07 Å². The predicted molar refractivity (Wildman–Crippen MR) is 71.9 cm³/mol. The fourth-order valence-electron chi connectivity index (χ4n) is 1.79. The molecule has 0 radical (unpaired) electrons. The van der Waals surface area contributed by atoms with Crippen molar-refractivity contribution in [2.24, 2.45) is 0 Å².